The van der Waals surface area contributed by atoms with Crippen molar-refractivity contribution in [2.75, 3.05) is 17.5 Å². The third-order valence-electron chi connectivity index (χ3n) is 4.93. The van der Waals surface area contributed by atoms with Crippen LogP contribution in [-0.4, -0.2) is 40.5 Å². The summed E-state index contributed by atoms with van der Waals surface area (Å²) >= 11 is 6.10. The molecule has 1 atom stereocenters. The van der Waals surface area contributed by atoms with Gasteiger partial charge in [0.15, 0.2) is 11.9 Å². The zero-order chi connectivity index (χ0) is 27.5. The molecule has 0 saturated heterocycles. The molecule has 0 radical (unpaired) electrons. The maximum absolute atomic E-state index is 13.0. The molecule has 198 valence electrons. The molecule has 0 fully saturated rings. The molecule has 9 nitrogen and oxygen atoms in total. The number of halogens is 1. The summed E-state index contributed by atoms with van der Waals surface area (Å²) < 4.78 is 10.8. The van der Waals surface area contributed by atoms with Crippen molar-refractivity contribution < 1.29 is 29.0 Å². The van der Waals surface area contributed by atoms with Gasteiger partial charge in [-0.15, -0.1) is 5.06 Å². The number of hydrogen-bond acceptors (Lipinski definition) is 7. The molecule has 3 rings (SSSR count). The molecule has 0 bridgehead atoms. The molecule has 0 aliphatic rings. The number of hydroxylamine groups is 1. The van der Waals surface area contributed by atoms with Gasteiger partial charge in [0, 0.05) is 17.3 Å². The summed E-state index contributed by atoms with van der Waals surface area (Å²) in [6.45, 7) is 10.7. The lowest BCUT2D eigenvalue weighted by Crippen LogP contribution is -2.42. The zero-order valence-electron chi connectivity index (χ0n) is 22.0. The van der Waals surface area contributed by atoms with Crippen LogP contribution < -0.4 is 15.1 Å². The summed E-state index contributed by atoms with van der Waals surface area (Å²) in [6.07, 6.45) is 0.844. The highest BCUT2D eigenvalue weighted by Crippen LogP contribution is 2.33. The minimum atomic E-state index is -1.07. The van der Waals surface area contributed by atoms with E-state index in [1.807, 2.05) is 20.8 Å². The topological polar surface area (TPSA) is 110 Å². The molecule has 0 aliphatic heterocycles. The van der Waals surface area contributed by atoms with Crippen LogP contribution in [0, 0.1) is 0 Å². The van der Waals surface area contributed by atoms with Crippen LogP contribution >= 0.6 is 11.6 Å². The van der Waals surface area contributed by atoms with Gasteiger partial charge in [-0.2, -0.15) is 0 Å². The van der Waals surface area contributed by atoms with Crippen molar-refractivity contribution in [2.24, 2.45) is 0 Å². The Balaban J connectivity index is 2.00. The number of aliphatic carboxylic acids is 1. The number of carbonyl (C=O) groups is 2. The number of methoxy groups -OCH3 is 1. The number of hydrogen-bond donors (Lipinski definition) is 2. The highest BCUT2D eigenvalue weighted by molar-refractivity contribution is 6.32. The third kappa shape index (κ3) is 7.24. The second kappa shape index (κ2) is 10.8. The largest absolute Gasteiger partial charge is 0.495 e. The fourth-order valence-electron chi connectivity index (χ4n) is 3.47. The fraction of sp³-hybridized carbons (Fsp3) is 0.370. The Morgan fingerprint density at radius 1 is 1.03 bits per heavy atom. The number of rotatable bonds is 7. The number of amides is 1. The second-order valence-corrected chi connectivity index (χ2v) is 10.8. The van der Waals surface area contributed by atoms with Crippen molar-refractivity contribution in [3.8, 4) is 5.75 Å². The summed E-state index contributed by atoms with van der Waals surface area (Å²) in [6, 6.07) is 10.7. The normalized spacial score (nSPS) is 12.6. The van der Waals surface area contributed by atoms with Gasteiger partial charge in [-0.25, -0.2) is 14.6 Å². The van der Waals surface area contributed by atoms with Crippen LogP contribution in [0.25, 0.3) is 10.8 Å². The predicted molar refractivity (Wildman–Crippen MR) is 143 cm³/mol. The van der Waals surface area contributed by atoms with E-state index in [0.29, 0.717) is 32.8 Å². The number of benzene rings is 2. The fourth-order valence-corrected chi connectivity index (χ4v) is 3.66. The molecular formula is C27H32ClN3O6. The molecule has 1 unspecified atom stereocenters. The van der Waals surface area contributed by atoms with Gasteiger partial charge in [0.1, 0.15) is 11.4 Å². The molecule has 0 saturated carbocycles. The van der Waals surface area contributed by atoms with E-state index in [2.05, 4.69) is 10.3 Å². The van der Waals surface area contributed by atoms with E-state index in [1.165, 1.54) is 7.11 Å². The molecule has 2 N–H and O–H groups in total. The van der Waals surface area contributed by atoms with Crippen LogP contribution in [0.1, 0.15) is 53.1 Å². The van der Waals surface area contributed by atoms with Crippen molar-refractivity contribution in [3.05, 3.63) is 59.2 Å². The van der Waals surface area contributed by atoms with Crippen LogP contribution in [0.2, 0.25) is 5.02 Å². The average Bonchev–Trinajstić information content (AvgIpc) is 2.79. The van der Waals surface area contributed by atoms with Gasteiger partial charge in [-0.05, 0) is 88.9 Å². The van der Waals surface area contributed by atoms with Gasteiger partial charge in [0.25, 0.3) is 0 Å². The van der Waals surface area contributed by atoms with E-state index in [9.17, 15) is 14.7 Å². The van der Waals surface area contributed by atoms with Gasteiger partial charge >= 0.3 is 12.1 Å². The van der Waals surface area contributed by atoms with Crippen LogP contribution in [-0.2, 0) is 14.4 Å². The van der Waals surface area contributed by atoms with Crippen molar-refractivity contribution in [1.29, 1.82) is 0 Å². The third-order valence-corrected chi connectivity index (χ3v) is 5.24. The summed E-state index contributed by atoms with van der Waals surface area (Å²) in [4.78, 5) is 35.5. The SMILES string of the molecule is COc1cc(C(Nc2ccc3c(N(OC(C)(C)C)C(=O)OC(C)(C)C)nccc3c2)C(=O)O)ccc1Cl. The molecular weight excluding hydrogens is 498 g/mol. The number of nitrogens with zero attached hydrogens (tertiary/aromatic N) is 2. The quantitative estimate of drug-likeness (QED) is 0.329. The predicted octanol–water partition coefficient (Wildman–Crippen LogP) is 6.61. The Morgan fingerprint density at radius 3 is 2.32 bits per heavy atom. The van der Waals surface area contributed by atoms with Gasteiger partial charge in [0.2, 0.25) is 0 Å². The van der Waals surface area contributed by atoms with Crippen molar-refractivity contribution in [2.45, 2.75) is 58.8 Å². The smallest absolute Gasteiger partial charge is 0.440 e. The minimum Gasteiger partial charge on any atom is -0.495 e. The maximum Gasteiger partial charge on any atom is 0.440 e. The summed E-state index contributed by atoms with van der Waals surface area (Å²) in [5.74, 6) is -0.442. The molecule has 0 aliphatic carbocycles. The molecule has 1 aromatic heterocycles. The van der Waals surface area contributed by atoms with E-state index in [4.69, 9.17) is 25.9 Å². The minimum absolute atomic E-state index is 0.255. The first-order valence-corrected chi connectivity index (χ1v) is 12.0. The number of carboxylic acid groups (broad SMARTS) is 1. The number of nitrogens with one attached hydrogen (secondary N) is 1. The second-order valence-electron chi connectivity index (χ2n) is 10.4. The molecule has 1 amide bonds. The van der Waals surface area contributed by atoms with Crippen molar-refractivity contribution in [3.63, 3.8) is 0 Å². The number of ether oxygens (including phenoxy) is 2. The number of fused-ring (bicyclic) bond motifs is 1. The Morgan fingerprint density at radius 2 is 1.73 bits per heavy atom. The standard InChI is InChI=1S/C27H32ClN3O6/c1-26(2,3)36-25(34)31(37-27(4,5)6)23-19-10-9-18(14-16(19)12-13-29-23)30-22(24(32)33)17-8-11-20(28)21(15-17)35-7/h8-15,22,30H,1-7H3,(H,32,33). The Hall–Kier alpha value is -3.56. The molecule has 37 heavy (non-hydrogen) atoms. The van der Waals surface area contributed by atoms with Gasteiger partial charge in [-0.1, -0.05) is 17.7 Å². The number of carboxylic acids is 1. The molecule has 0 spiro atoms. The lowest BCUT2D eigenvalue weighted by molar-refractivity contribution is -0.138. The van der Waals surface area contributed by atoms with Crippen LogP contribution in [0.5, 0.6) is 5.75 Å². The number of pyridine rings is 1. The summed E-state index contributed by atoms with van der Waals surface area (Å²) in [7, 11) is 1.47. The first kappa shape index (κ1) is 28.0. The lowest BCUT2D eigenvalue weighted by Gasteiger charge is -2.31. The van der Waals surface area contributed by atoms with E-state index < -0.39 is 29.3 Å². The highest BCUT2D eigenvalue weighted by atomic mass is 35.5. The summed E-state index contributed by atoms with van der Waals surface area (Å²) in [5, 5.41) is 15.7. The van der Waals surface area contributed by atoms with Crippen LogP contribution in [0.3, 0.4) is 0 Å². The number of anilines is 2. The lowest BCUT2D eigenvalue weighted by atomic mass is 10.1. The van der Waals surface area contributed by atoms with Crippen LogP contribution in [0.4, 0.5) is 16.3 Å². The van der Waals surface area contributed by atoms with Crippen molar-refractivity contribution >= 4 is 45.9 Å². The Kier molecular flexibility index (Phi) is 8.19. The molecule has 2 aromatic carbocycles. The molecule has 1 heterocycles. The van der Waals surface area contributed by atoms with E-state index in [0.717, 1.165) is 5.06 Å². The Bertz CT molecular complexity index is 1300. The van der Waals surface area contributed by atoms with E-state index in [1.54, 1.807) is 69.4 Å². The van der Waals surface area contributed by atoms with Gasteiger partial charge in [0.05, 0.1) is 17.7 Å². The van der Waals surface area contributed by atoms with Gasteiger partial charge in [-0.3, -0.25) is 4.84 Å². The maximum atomic E-state index is 13.0. The van der Waals surface area contributed by atoms with Gasteiger partial charge < -0.3 is 19.9 Å². The van der Waals surface area contributed by atoms with Crippen molar-refractivity contribution in [1.82, 2.24) is 4.98 Å². The first-order valence-electron chi connectivity index (χ1n) is 11.6. The Labute approximate surface area is 221 Å². The molecule has 3 aromatic rings. The first-order chi connectivity index (χ1) is 17.2. The highest BCUT2D eigenvalue weighted by Gasteiger charge is 2.31. The van der Waals surface area contributed by atoms with E-state index >= 15 is 0 Å². The monoisotopic (exact) mass is 529 g/mol. The summed E-state index contributed by atoms with van der Waals surface area (Å²) in [5.41, 5.74) is -0.434. The average molecular weight is 530 g/mol. The number of aromatic nitrogens is 1. The zero-order valence-corrected chi connectivity index (χ0v) is 22.7. The van der Waals surface area contributed by atoms with E-state index in [-0.39, 0.29) is 5.82 Å². The molecule has 10 heteroatoms. The van der Waals surface area contributed by atoms with Crippen LogP contribution in [0.15, 0.2) is 48.7 Å². The number of carbonyl (C=O) groups excluding carboxylic acids is 1.